The monoisotopic (exact) mass is 220 g/mol. The highest BCUT2D eigenvalue weighted by Crippen LogP contribution is 2.33. The van der Waals surface area contributed by atoms with Crippen LogP contribution in [0.15, 0.2) is 23.8 Å². The summed E-state index contributed by atoms with van der Waals surface area (Å²) in [7, 11) is 1.36. The van der Waals surface area contributed by atoms with E-state index in [0.717, 1.165) is 11.3 Å². The first-order chi connectivity index (χ1) is 7.70. The molecule has 1 heterocycles. The number of carbonyl (C=O) groups excluding carboxylic acids is 1. The Morgan fingerprint density at radius 1 is 1.38 bits per heavy atom. The Hall–Kier alpha value is -1.97. The second-order valence-corrected chi connectivity index (χ2v) is 3.43. The Morgan fingerprint density at radius 3 is 2.88 bits per heavy atom. The predicted octanol–water partition coefficient (Wildman–Crippen LogP) is 1.99. The maximum atomic E-state index is 11.2. The molecular weight excluding hydrogens is 208 g/mol. The van der Waals surface area contributed by atoms with E-state index in [1.165, 1.54) is 7.11 Å². The van der Waals surface area contributed by atoms with Crippen molar-refractivity contribution in [1.82, 2.24) is 0 Å². The molecule has 0 N–H and O–H groups in total. The highest BCUT2D eigenvalue weighted by molar-refractivity contribution is 5.93. The largest absolute Gasteiger partial charge is 0.466 e. The third-order valence-corrected chi connectivity index (χ3v) is 2.29. The maximum Gasteiger partial charge on any atom is 0.333 e. The van der Waals surface area contributed by atoms with Gasteiger partial charge in [-0.15, -0.1) is 0 Å². The third-order valence-electron chi connectivity index (χ3n) is 2.29. The maximum absolute atomic E-state index is 11.2. The van der Waals surface area contributed by atoms with Crippen LogP contribution in [-0.4, -0.2) is 19.9 Å². The van der Waals surface area contributed by atoms with Gasteiger partial charge in [0.2, 0.25) is 6.79 Å². The fourth-order valence-electron chi connectivity index (χ4n) is 1.47. The molecule has 0 atom stereocenters. The second-order valence-electron chi connectivity index (χ2n) is 3.43. The highest BCUT2D eigenvalue weighted by atomic mass is 16.7. The number of fused-ring (bicyclic) bond motifs is 1. The van der Waals surface area contributed by atoms with E-state index in [2.05, 4.69) is 4.74 Å². The van der Waals surface area contributed by atoms with Crippen molar-refractivity contribution in [3.63, 3.8) is 0 Å². The van der Waals surface area contributed by atoms with Gasteiger partial charge in [-0.05, 0) is 30.7 Å². The zero-order chi connectivity index (χ0) is 11.5. The van der Waals surface area contributed by atoms with Crippen molar-refractivity contribution in [2.24, 2.45) is 0 Å². The van der Waals surface area contributed by atoms with Crippen LogP contribution >= 0.6 is 0 Å². The molecule has 16 heavy (non-hydrogen) atoms. The summed E-state index contributed by atoms with van der Waals surface area (Å²) in [6, 6.07) is 5.51. The van der Waals surface area contributed by atoms with Crippen LogP contribution < -0.4 is 9.47 Å². The highest BCUT2D eigenvalue weighted by Gasteiger charge is 2.13. The van der Waals surface area contributed by atoms with Crippen molar-refractivity contribution in [2.45, 2.75) is 6.92 Å². The summed E-state index contributed by atoms with van der Waals surface area (Å²) in [6.07, 6.45) is 1.74. The summed E-state index contributed by atoms with van der Waals surface area (Å²) in [5.41, 5.74) is 1.42. The molecule has 4 heteroatoms. The first kappa shape index (κ1) is 10.5. The SMILES string of the molecule is COC(=O)C(C)=Cc1ccc2c(c1)OCO2. The van der Waals surface area contributed by atoms with Crippen LogP contribution in [0.5, 0.6) is 11.5 Å². The summed E-state index contributed by atoms with van der Waals surface area (Å²) < 4.78 is 15.0. The molecule has 2 rings (SSSR count). The van der Waals surface area contributed by atoms with E-state index in [-0.39, 0.29) is 12.8 Å². The van der Waals surface area contributed by atoms with Crippen molar-refractivity contribution >= 4 is 12.0 Å². The quantitative estimate of drug-likeness (QED) is 0.564. The van der Waals surface area contributed by atoms with Gasteiger partial charge in [0.1, 0.15) is 0 Å². The van der Waals surface area contributed by atoms with E-state index in [0.29, 0.717) is 11.3 Å². The second kappa shape index (κ2) is 4.26. The molecule has 84 valence electrons. The molecule has 0 amide bonds. The van der Waals surface area contributed by atoms with Crippen molar-refractivity contribution in [3.8, 4) is 11.5 Å². The first-order valence-corrected chi connectivity index (χ1v) is 4.87. The number of rotatable bonds is 2. The van der Waals surface area contributed by atoms with Gasteiger partial charge < -0.3 is 14.2 Å². The Kier molecular flexibility index (Phi) is 2.81. The van der Waals surface area contributed by atoms with Crippen LogP contribution in [0, 0.1) is 0 Å². The number of methoxy groups -OCH3 is 1. The molecular formula is C12H12O4. The van der Waals surface area contributed by atoms with Crippen molar-refractivity contribution in [2.75, 3.05) is 13.9 Å². The zero-order valence-corrected chi connectivity index (χ0v) is 9.15. The molecule has 1 aliphatic heterocycles. The molecule has 0 radical (unpaired) electrons. The molecule has 0 aliphatic carbocycles. The Morgan fingerprint density at radius 2 is 2.12 bits per heavy atom. The number of carbonyl (C=O) groups is 1. The van der Waals surface area contributed by atoms with E-state index in [1.807, 2.05) is 18.2 Å². The summed E-state index contributed by atoms with van der Waals surface area (Å²) in [6.45, 7) is 1.95. The number of hydrogen-bond donors (Lipinski definition) is 0. The lowest BCUT2D eigenvalue weighted by Gasteiger charge is -2.00. The smallest absolute Gasteiger partial charge is 0.333 e. The van der Waals surface area contributed by atoms with Gasteiger partial charge in [0.15, 0.2) is 11.5 Å². The van der Waals surface area contributed by atoms with E-state index in [1.54, 1.807) is 13.0 Å². The molecule has 0 saturated carbocycles. The van der Waals surface area contributed by atoms with Crippen LogP contribution in [-0.2, 0) is 9.53 Å². The molecule has 0 spiro atoms. The van der Waals surface area contributed by atoms with Crippen LogP contribution in [0.4, 0.5) is 0 Å². The minimum absolute atomic E-state index is 0.248. The van der Waals surface area contributed by atoms with Crippen molar-refractivity contribution < 1.29 is 19.0 Å². The summed E-state index contributed by atoms with van der Waals surface area (Å²) >= 11 is 0. The fourth-order valence-corrected chi connectivity index (χ4v) is 1.47. The molecule has 0 aromatic heterocycles. The minimum atomic E-state index is -0.335. The number of esters is 1. The Labute approximate surface area is 93.4 Å². The first-order valence-electron chi connectivity index (χ1n) is 4.87. The lowest BCUT2D eigenvalue weighted by atomic mass is 10.1. The van der Waals surface area contributed by atoms with Gasteiger partial charge >= 0.3 is 5.97 Å². The molecule has 0 bridgehead atoms. The van der Waals surface area contributed by atoms with Crippen LogP contribution in [0.2, 0.25) is 0 Å². The summed E-state index contributed by atoms with van der Waals surface area (Å²) in [5.74, 6) is 1.09. The molecule has 1 aliphatic rings. The fraction of sp³-hybridized carbons (Fsp3) is 0.250. The number of hydrogen-bond acceptors (Lipinski definition) is 4. The van der Waals surface area contributed by atoms with E-state index < -0.39 is 0 Å². The average molecular weight is 220 g/mol. The summed E-state index contributed by atoms with van der Waals surface area (Å²) in [4.78, 5) is 11.2. The molecule has 1 aromatic carbocycles. The lowest BCUT2D eigenvalue weighted by Crippen LogP contribution is -2.00. The van der Waals surface area contributed by atoms with Crippen LogP contribution in [0.3, 0.4) is 0 Å². The van der Waals surface area contributed by atoms with Gasteiger partial charge in [0.25, 0.3) is 0 Å². The normalized spacial score (nSPS) is 13.8. The minimum Gasteiger partial charge on any atom is -0.466 e. The van der Waals surface area contributed by atoms with Gasteiger partial charge in [-0.25, -0.2) is 4.79 Å². The summed E-state index contributed by atoms with van der Waals surface area (Å²) in [5, 5.41) is 0. The molecule has 0 unspecified atom stereocenters. The standard InChI is InChI=1S/C12H12O4/c1-8(12(13)14-2)5-9-3-4-10-11(6-9)16-7-15-10/h3-6H,7H2,1-2H3. The molecule has 1 aromatic rings. The Balaban J connectivity index is 2.25. The zero-order valence-electron chi connectivity index (χ0n) is 9.15. The van der Waals surface area contributed by atoms with Gasteiger partial charge in [0.05, 0.1) is 7.11 Å². The third kappa shape index (κ3) is 2.00. The lowest BCUT2D eigenvalue weighted by molar-refractivity contribution is -0.135. The predicted molar refractivity (Wildman–Crippen MR) is 58.2 cm³/mol. The van der Waals surface area contributed by atoms with Crippen LogP contribution in [0.25, 0.3) is 6.08 Å². The number of ether oxygens (including phenoxy) is 3. The van der Waals surface area contributed by atoms with Crippen LogP contribution in [0.1, 0.15) is 12.5 Å². The average Bonchev–Trinajstić information content (AvgIpc) is 2.75. The van der Waals surface area contributed by atoms with Gasteiger partial charge in [-0.1, -0.05) is 6.07 Å². The number of benzene rings is 1. The topological polar surface area (TPSA) is 44.8 Å². The molecule has 0 fully saturated rings. The van der Waals surface area contributed by atoms with Gasteiger partial charge in [0, 0.05) is 5.57 Å². The molecule has 0 saturated heterocycles. The van der Waals surface area contributed by atoms with Crippen molar-refractivity contribution in [1.29, 1.82) is 0 Å². The van der Waals surface area contributed by atoms with E-state index >= 15 is 0 Å². The van der Waals surface area contributed by atoms with Crippen molar-refractivity contribution in [3.05, 3.63) is 29.3 Å². The van der Waals surface area contributed by atoms with Gasteiger partial charge in [-0.3, -0.25) is 0 Å². The Bertz CT molecular complexity index is 448. The van der Waals surface area contributed by atoms with E-state index in [4.69, 9.17) is 9.47 Å². The van der Waals surface area contributed by atoms with E-state index in [9.17, 15) is 4.79 Å². The van der Waals surface area contributed by atoms with Gasteiger partial charge in [-0.2, -0.15) is 0 Å². The molecule has 4 nitrogen and oxygen atoms in total.